The van der Waals surface area contributed by atoms with Gasteiger partial charge in [0.25, 0.3) is 6.71 Å². The molecule has 0 spiro atoms. The Morgan fingerprint density at radius 2 is 0.932 bits per heavy atom. The number of benzene rings is 6. The first kappa shape index (κ1) is 50.5. The van der Waals surface area contributed by atoms with E-state index < -0.39 is 11.7 Å². The lowest BCUT2D eigenvalue weighted by atomic mass is 9.35. The van der Waals surface area contributed by atoms with Gasteiger partial charge < -0.3 is 14.2 Å². The van der Waals surface area contributed by atoms with E-state index in [2.05, 4.69) is 206 Å². The predicted octanol–water partition coefficient (Wildman–Crippen LogP) is 17.8. The Bertz CT molecular complexity index is 3440. The van der Waals surface area contributed by atoms with Crippen molar-refractivity contribution in [3.05, 3.63) is 148 Å². The van der Waals surface area contributed by atoms with Crippen LogP contribution in [0.3, 0.4) is 0 Å². The largest absolute Gasteiger partial charge is 0.468 e. The lowest BCUT2D eigenvalue weighted by Crippen LogP contribution is -2.61. The van der Waals surface area contributed by atoms with Crippen molar-refractivity contribution in [1.29, 1.82) is 0 Å². The van der Waals surface area contributed by atoms with Crippen molar-refractivity contribution >= 4 is 68.4 Å². The molecule has 3 nitrogen and oxygen atoms in total. The van der Waals surface area contributed by atoms with Crippen LogP contribution in [0.25, 0.3) is 22.1 Å². The zero-order valence-electron chi connectivity index (χ0n) is 47.2. The monoisotopic (exact) mass is 993 g/mol. The fourth-order valence-corrected chi connectivity index (χ4v) is 12.9. The summed E-state index contributed by atoms with van der Waals surface area (Å²) >= 11 is 0. The highest BCUT2D eigenvalue weighted by Crippen LogP contribution is 2.55. The Balaban J connectivity index is 1.31. The molecule has 0 radical (unpaired) electrons. The number of hydrogen-bond donors (Lipinski definition) is 0. The average molecular weight is 993 g/mol. The first-order chi connectivity index (χ1) is 34.2. The highest BCUT2D eigenvalue weighted by Gasteiger charge is 2.50. The molecule has 0 saturated carbocycles. The van der Waals surface area contributed by atoms with Gasteiger partial charge in [0.15, 0.2) is 0 Å². The molecule has 0 saturated heterocycles. The summed E-state index contributed by atoms with van der Waals surface area (Å²) in [4.78, 5) is 5.00. The van der Waals surface area contributed by atoms with E-state index >= 15 is 0 Å². The summed E-state index contributed by atoms with van der Waals surface area (Å²) in [7, 11) is 0. The third-order valence-corrected chi connectivity index (χ3v) is 18.1. The molecular formula is C67H76BF3N2O. The number of hydrogen-bond acceptors (Lipinski definition) is 3. The SMILES string of the molecule is CC(C)(C)c1ccc(N2c3cc(C(C)(C)C)cc4c3B(c3cc5c(cc3N4c3ccc(C(C)(C)C)cc3-c3ccc(C(F)(F)F)cc3)C(C)(C)CCC5(C)C)c3oc4cc5c(cc4c32)C(C)(C)CCC5(C)C)cc1. The fraction of sp³-hybridized carbons (Fsp3) is 0.433. The summed E-state index contributed by atoms with van der Waals surface area (Å²) < 4.78 is 50.5. The maximum Gasteiger partial charge on any atom is 0.416 e. The van der Waals surface area contributed by atoms with Crippen molar-refractivity contribution in [3.63, 3.8) is 0 Å². The van der Waals surface area contributed by atoms with Crippen molar-refractivity contribution < 1.29 is 17.6 Å². The molecule has 3 heterocycles. The molecule has 384 valence electrons. The first-order valence-electron chi connectivity index (χ1n) is 27.2. The van der Waals surface area contributed by atoms with E-state index in [1.807, 2.05) is 0 Å². The summed E-state index contributed by atoms with van der Waals surface area (Å²) in [5, 5.41) is 1.13. The molecule has 2 aliphatic carbocycles. The van der Waals surface area contributed by atoms with Gasteiger partial charge in [-0.05, 0) is 186 Å². The predicted molar refractivity (Wildman–Crippen MR) is 307 cm³/mol. The molecule has 11 rings (SSSR count). The molecule has 0 unspecified atom stereocenters. The topological polar surface area (TPSA) is 19.6 Å². The van der Waals surface area contributed by atoms with Crippen LogP contribution in [0.5, 0.6) is 0 Å². The van der Waals surface area contributed by atoms with E-state index in [4.69, 9.17) is 4.42 Å². The van der Waals surface area contributed by atoms with E-state index in [0.29, 0.717) is 0 Å². The Labute approximate surface area is 440 Å². The van der Waals surface area contributed by atoms with Gasteiger partial charge in [-0.2, -0.15) is 13.2 Å². The summed E-state index contributed by atoms with van der Waals surface area (Å²) in [6.45, 7) is 39.2. The number of nitrogens with zero attached hydrogens (tertiary/aromatic N) is 2. The molecule has 0 amide bonds. The van der Waals surface area contributed by atoms with Crippen LogP contribution in [-0.4, -0.2) is 6.71 Å². The van der Waals surface area contributed by atoms with Crippen molar-refractivity contribution in [3.8, 4) is 11.1 Å². The first-order valence-corrected chi connectivity index (χ1v) is 27.2. The van der Waals surface area contributed by atoms with Gasteiger partial charge in [0.1, 0.15) is 5.58 Å². The van der Waals surface area contributed by atoms with Crippen LogP contribution in [0.2, 0.25) is 0 Å². The summed E-state index contributed by atoms with van der Waals surface area (Å²) in [6.07, 6.45) is -0.137. The van der Waals surface area contributed by atoms with E-state index in [-0.39, 0.29) is 44.6 Å². The van der Waals surface area contributed by atoms with E-state index in [9.17, 15) is 13.2 Å². The zero-order valence-corrected chi connectivity index (χ0v) is 47.2. The van der Waals surface area contributed by atoms with Crippen molar-refractivity contribution in [1.82, 2.24) is 0 Å². The van der Waals surface area contributed by atoms with Gasteiger partial charge >= 0.3 is 6.18 Å². The van der Waals surface area contributed by atoms with Crippen LogP contribution in [0, 0.1) is 0 Å². The third-order valence-electron chi connectivity index (χ3n) is 18.1. The second-order valence-electron chi connectivity index (χ2n) is 28.3. The third kappa shape index (κ3) is 7.89. The molecule has 2 aliphatic heterocycles. The van der Waals surface area contributed by atoms with Crippen LogP contribution >= 0.6 is 0 Å². The molecule has 0 N–H and O–H groups in total. The normalized spacial score (nSPS) is 18.4. The van der Waals surface area contributed by atoms with E-state index in [1.54, 1.807) is 12.1 Å². The lowest BCUT2D eigenvalue weighted by Gasteiger charge is -2.47. The Morgan fingerprint density at radius 3 is 1.46 bits per heavy atom. The average Bonchev–Trinajstić information content (AvgIpc) is 3.68. The smallest absolute Gasteiger partial charge is 0.416 e. The van der Waals surface area contributed by atoms with Gasteiger partial charge in [0.2, 0.25) is 0 Å². The maximum absolute atomic E-state index is 14.3. The minimum absolute atomic E-state index is 0.0186. The fourth-order valence-electron chi connectivity index (χ4n) is 12.9. The maximum atomic E-state index is 14.3. The van der Waals surface area contributed by atoms with Crippen molar-refractivity contribution in [2.45, 2.75) is 187 Å². The van der Waals surface area contributed by atoms with Gasteiger partial charge in [0, 0.05) is 33.7 Å². The molecule has 7 heteroatoms. The van der Waals surface area contributed by atoms with Gasteiger partial charge in [-0.3, -0.25) is 0 Å². The van der Waals surface area contributed by atoms with Crippen LogP contribution in [0.4, 0.5) is 47.3 Å². The van der Waals surface area contributed by atoms with Crippen LogP contribution in [-0.2, 0) is 44.1 Å². The van der Waals surface area contributed by atoms with Crippen LogP contribution in [0.1, 0.15) is 188 Å². The molecule has 74 heavy (non-hydrogen) atoms. The number of furan rings is 1. The van der Waals surface area contributed by atoms with E-state index in [1.165, 1.54) is 51.0 Å². The highest BCUT2D eigenvalue weighted by atomic mass is 19.4. The molecule has 0 atom stereocenters. The Kier molecular flexibility index (Phi) is 10.9. The Morgan fingerprint density at radius 1 is 0.459 bits per heavy atom. The number of alkyl halides is 3. The van der Waals surface area contributed by atoms with Gasteiger partial charge in [-0.25, -0.2) is 0 Å². The van der Waals surface area contributed by atoms with Crippen LogP contribution in [0.15, 0.2) is 108 Å². The second kappa shape index (κ2) is 15.9. The second-order valence-corrected chi connectivity index (χ2v) is 28.3. The number of fused-ring (bicyclic) bond motifs is 8. The molecule has 7 aromatic rings. The minimum Gasteiger partial charge on any atom is -0.468 e. The zero-order chi connectivity index (χ0) is 53.4. The molecule has 6 aromatic carbocycles. The lowest BCUT2D eigenvalue weighted by molar-refractivity contribution is -0.137. The standard InChI is InChI=1S/C67H76BF3N2O/c1-60(2,3)40-22-25-44(26-23-40)72-54-33-43(62(7,8)9)34-55-57(54)68(59-58(72)46-35-47-50(38-56(46)74-59)66(16,17)31-28-63(47,10)11)51-36-48-49(65(14,15)30-29-64(48,12)13)37-53(51)73(55)52-27-24-42(61(4,5)6)32-45(52)39-18-20-41(21-19-39)67(69,70)71/h18-27,32-38H,28-31H2,1-17H3. The quantitative estimate of drug-likeness (QED) is 0.165. The van der Waals surface area contributed by atoms with Gasteiger partial charge in [0.05, 0.1) is 22.6 Å². The summed E-state index contributed by atoms with van der Waals surface area (Å²) in [5.74, 6) is 0. The summed E-state index contributed by atoms with van der Waals surface area (Å²) in [6, 6.07) is 36.4. The number of halogens is 3. The number of rotatable bonds is 3. The van der Waals surface area contributed by atoms with Crippen LogP contribution < -0.4 is 26.4 Å². The van der Waals surface area contributed by atoms with Crippen molar-refractivity contribution in [2.24, 2.45) is 0 Å². The van der Waals surface area contributed by atoms with Gasteiger partial charge in [-0.15, -0.1) is 0 Å². The van der Waals surface area contributed by atoms with Gasteiger partial charge in [-0.1, -0.05) is 154 Å². The van der Waals surface area contributed by atoms with Crippen molar-refractivity contribution in [2.75, 3.05) is 9.80 Å². The molecular weight excluding hydrogens is 917 g/mol. The molecule has 4 aliphatic rings. The molecule has 0 fully saturated rings. The van der Waals surface area contributed by atoms with E-state index in [0.717, 1.165) is 98.6 Å². The minimum atomic E-state index is -4.46. The molecule has 0 bridgehead atoms. The number of anilines is 6. The summed E-state index contributed by atoms with van der Waals surface area (Å²) in [5.41, 5.74) is 19.7. The molecule has 1 aromatic heterocycles. The Hall–Kier alpha value is -5.69. The highest BCUT2D eigenvalue weighted by molar-refractivity contribution is 7.00.